The van der Waals surface area contributed by atoms with Gasteiger partial charge in [-0.25, -0.2) is 0 Å². The van der Waals surface area contributed by atoms with Gasteiger partial charge < -0.3 is 9.64 Å². The molecule has 148 valence electrons. The standard InChI is InChI=1S/C22H26N2O4/c1-22(2,3)19(25)18-17-16(20(26)23(21(17)27)11-12-28-4)15-10-9-13-7-5-6-8-14(13)24(15)18/h5-10,15-18H,11-12H2,1-4H3/t15-,16-,17-,18+/m1/s1. The molecule has 1 aromatic rings. The van der Waals surface area contributed by atoms with Crippen LogP contribution in [0.5, 0.6) is 0 Å². The fourth-order valence-electron chi connectivity index (χ4n) is 4.72. The highest BCUT2D eigenvalue weighted by molar-refractivity contribution is 6.11. The molecule has 0 saturated carbocycles. The maximum absolute atomic E-state index is 13.5. The lowest BCUT2D eigenvalue weighted by atomic mass is 9.79. The van der Waals surface area contributed by atoms with Gasteiger partial charge in [0, 0.05) is 18.2 Å². The Kier molecular flexibility index (Phi) is 4.42. The second kappa shape index (κ2) is 6.55. The largest absolute Gasteiger partial charge is 0.383 e. The molecule has 4 rings (SSSR count). The lowest BCUT2D eigenvalue weighted by Gasteiger charge is -2.38. The summed E-state index contributed by atoms with van der Waals surface area (Å²) >= 11 is 0. The van der Waals surface area contributed by atoms with Crippen LogP contribution in [0.1, 0.15) is 26.3 Å². The highest BCUT2D eigenvalue weighted by Gasteiger charge is 2.64. The minimum Gasteiger partial charge on any atom is -0.383 e. The summed E-state index contributed by atoms with van der Waals surface area (Å²) in [6.45, 7) is 6.13. The zero-order valence-corrected chi connectivity index (χ0v) is 16.7. The van der Waals surface area contributed by atoms with E-state index >= 15 is 0 Å². The van der Waals surface area contributed by atoms with E-state index in [9.17, 15) is 14.4 Å². The summed E-state index contributed by atoms with van der Waals surface area (Å²) in [5.74, 6) is -1.66. The van der Waals surface area contributed by atoms with Gasteiger partial charge in [-0.2, -0.15) is 0 Å². The number of nitrogens with zero attached hydrogens (tertiary/aromatic N) is 2. The number of methoxy groups -OCH3 is 1. The van der Waals surface area contributed by atoms with Crippen molar-refractivity contribution in [3.8, 4) is 0 Å². The number of likely N-dealkylation sites (tertiary alicyclic amines) is 1. The number of anilines is 1. The number of hydrogen-bond acceptors (Lipinski definition) is 5. The van der Waals surface area contributed by atoms with Gasteiger partial charge in [0.1, 0.15) is 6.04 Å². The summed E-state index contributed by atoms with van der Waals surface area (Å²) < 4.78 is 5.07. The number of ketones is 1. The van der Waals surface area contributed by atoms with Gasteiger partial charge in [-0.3, -0.25) is 19.3 Å². The summed E-state index contributed by atoms with van der Waals surface area (Å²) in [7, 11) is 1.54. The quantitative estimate of drug-likeness (QED) is 0.747. The number of carbonyl (C=O) groups is 3. The van der Waals surface area contributed by atoms with E-state index in [1.54, 1.807) is 7.11 Å². The number of ether oxygens (including phenoxy) is 1. The Morgan fingerprint density at radius 3 is 2.46 bits per heavy atom. The molecule has 0 unspecified atom stereocenters. The molecule has 3 aliphatic rings. The zero-order valence-electron chi connectivity index (χ0n) is 16.7. The molecule has 6 heteroatoms. The third-order valence-electron chi connectivity index (χ3n) is 6.03. The third kappa shape index (κ3) is 2.62. The summed E-state index contributed by atoms with van der Waals surface area (Å²) in [5, 5.41) is 0. The van der Waals surface area contributed by atoms with Crippen LogP contribution in [0.25, 0.3) is 6.08 Å². The van der Waals surface area contributed by atoms with Crippen molar-refractivity contribution < 1.29 is 19.1 Å². The van der Waals surface area contributed by atoms with Crippen LogP contribution >= 0.6 is 0 Å². The van der Waals surface area contributed by atoms with E-state index in [1.165, 1.54) is 4.90 Å². The molecule has 28 heavy (non-hydrogen) atoms. The average Bonchev–Trinajstić information content (AvgIpc) is 3.12. The van der Waals surface area contributed by atoms with E-state index < -0.39 is 23.3 Å². The molecule has 0 aliphatic carbocycles. The molecule has 0 N–H and O–H groups in total. The molecule has 0 bridgehead atoms. The van der Waals surface area contributed by atoms with Crippen molar-refractivity contribution in [1.29, 1.82) is 0 Å². The molecular formula is C22H26N2O4. The van der Waals surface area contributed by atoms with Gasteiger partial charge in [0.05, 0.1) is 31.0 Å². The Labute approximate surface area is 165 Å². The summed E-state index contributed by atoms with van der Waals surface area (Å²) in [4.78, 5) is 43.2. The molecule has 0 aromatic heterocycles. The minimum absolute atomic E-state index is 0.00940. The first-order valence-electron chi connectivity index (χ1n) is 9.71. The van der Waals surface area contributed by atoms with Gasteiger partial charge >= 0.3 is 0 Å². The number of benzene rings is 1. The van der Waals surface area contributed by atoms with Crippen LogP contribution in [-0.2, 0) is 19.1 Å². The Bertz CT molecular complexity index is 870. The van der Waals surface area contributed by atoms with Gasteiger partial charge in [-0.05, 0) is 11.6 Å². The fraction of sp³-hybridized carbons (Fsp3) is 0.500. The first kappa shape index (κ1) is 18.9. The number of amides is 2. The Morgan fingerprint density at radius 2 is 1.79 bits per heavy atom. The first-order valence-corrected chi connectivity index (χ1v) is 9.71. The fourth-order valence-corrected chi connectivity index (χ4v) is 4.72. The predicted molar refractivity (Wildman–Crippen MR) is 106 cm³/mol. The van der Waals surface area contributed by atoms with Crippen molar-refractivity contribution in [2.45, 2.75) is 32.9 Å². The summed E-state index contributed by atoms with van der Waals surface area (Å²) in [6.07, 6.45) is 3.97. The number of rotatable bonds is 4. The molecule has 0 spiro atoms. The average molecular weight is 382 g/mol. The molecule has 1 aromatic carbocycles. The van der Waals surface area contributed by atoms with Crippen LogP contribution < -0.4 is 4.90 Å². The second-order valence-corrected chi connectivity index (χ2v) is 8.75. The van der Waals surface area contributed by atoms with Crippen LogP contribution in [0, 0.1) is 17.3 Å². The number of para-hydroxylation sites is 1. The van der Waals surface area contributed by atoms with Crippen molar-refractivity contribution in [3.05, 3.63) is 35.9 Å². The highest BCUT2D eigenvalue weighted by atomic mass is 16.5. The third-order valence-corrected chi connectivity index (χ3v) is 6.03. The maximum Gasteiger partial charge on any atom is 0.235 e. The highest BCUT2D eigenvalue weighted by Crippen LogP contribution is 2.49. The van der Waals surface area contributed by atoms with Crippen LogP contribution in [-0.4, -0.2) is 54.8 Å². The minimum atomic E-state index is -0.656. The first-order chi connectivity index (χ1) is 13.3. The monoisotopic (exact) mass is 382 g/mol. The molecule has 4 atom stereocenters. The van der Waals surface area contributed by atoms with Crippen molar-refractivity contribution in [2.75, 3.05) is 25.2 Å². The van der Waals surface area contributed by atoms with Gasteiger partial charge in [0.25, 0.3) is 0 Å². The molecule has 6 nitrogen and oxygen atoms in total. The van der Waals surface area contributed by atoms with Crippen LogP contribution in [0.2, 0.25) is 0 Å². The lowest BCUT2D eigenvalue weighted by Crippen LogP contribution is -2.51. The van der Waals surface area contributed by atoms with Crippen molar-refractivity contribution in [3.63, 3.8) is 0 Å². The van der Waals surface area contributed by atoms with E-state index in [2.05, 4.69) is 0 Å². The van der Waals surface area contributed by atoms with E-state index in [1.807, 2.05) is 62.1 Å². The molecule has 2 saturated heterocycles. The van der Waals surface area contributed by atoms with Gasteiger partial charge in [-0.15, -0.1) is 0 Å². The van der Waals surface area contributed by atoms with Crippen LogP contribution in [0.4, 0.5) is 5.69 Å². The van der Waals surface area contributed by atoms with Crippen molar-refractivity contribution in [2.24, 2.45) is 17.3 Å². The number of imide groups is 1. The molecule has 3 heterocycles. The van der Waals surface area contributed by atoms with Crippen LogP contribution in [0.15, 0.2) is 30.3 Å². The van der Waals surface area contributed by atoms with E-state index in [4.69, 9.17) is 4.74 Å². The normalized spacial score (nSPS) is 28.4. The van der Waals surface area contributed by atoms with E-state index in [0.29, 0.717) is 6.61 Å². The van der Waals surface area contributed by atoms with Crippen molar-refractivity contribution in [1.82, 2.24) is 4.90 Å². The Balaban J connectivity index is 1.82. The maximum atomic E-state index is 13.5. The second-order valence-electron chi connectivity index (χ2n) is 8.75. The number of carbonyl (C=O) groups excluding carboxylic acids is 3. The van der Waals surface area contributed by atoms with E-state index in [0.717, 1.165) is 11.3 Å². The van der Waals surface area contributed by atoms with Gasteiger partial charge in [0.2, 0.25) is 11.8 Å². The molecule has 3 aliphatic heterocycles. The molecule has 2 amide bonds. The Hall–Kier alpha value is -2.47. The number of Topliss-reactive ketones (excluding diaryl/α,β-unsaturated/α-hetero) is 1. The predicted octanol–water partition coefficient (Wildman–Crippen LogP) is 2.13. The molecule has 0 radical (unpaired) electrons. The smallest absolute Gasteiger partial charge is 0.235 e. The van der Waals surface area contributed by atoms with Crippen LogP contribution in [0.3, 0.4) is 0 Å². The molecular weight excluding hydrogens is 356 g/mol. The summed E-state index contributed by atoms with van der Waals surface area (Å²) in [6, 6.07) is 6.89. The van der Waals surface area contributed by atoms with Gasteiger partial charge in [0.15, 0.2) is 5.78 Å². The van der Waals surface area contributed by atoms with E-state index in [-0.39, 0.29) is 30.2 Å². The molecule has 2 fully saturated rings. The summed E-state index contributed by atoms with van der Waals surface area (Å²) in [5.41, 5.74) is 1.29. The zero-order chi connectivity index (χ0) is 20.2. The number of fused-ring (bicyclic) bond motifs is 5. The van der Waals surface area contributed by atoms with Gasteiger partial charge in [-0.1, -0.05) is 51.1 Å². The lowest BCUT2D eigenvalue weighted by molar-refractivity contribution is -0.142. The number of hydrogen-bond donors (Lipinski definition) is 0. The Morgan fingerprint density at radius 1 is 1.11 bits per heavy atom. The topological polar surface area (TPSA) is 66.9 Å². The SMILES string of the molecule is COCCN1C(=O)[C@@H]2[C@H](C1=O)[C@H]1C=Cc3ccccc3N1[C@@H]2C(=O)C(C)(C)C. The van der Waals surface area contributed by atoms with Crippen molar-refractivity contribution >= 4 is 29.4 Å².